The quantitative estimate of drug-likeness (QED) is 0.774. The summed E-state index contributed by atoms with van der Waals surface area (Å²) in [6, 6.07) is 3.72. The zero-order chi connectivity index (χ0) is 10.3. The number of nitrogens with one attached hydrogen (secondary N) is 1. The number of H-pyrrole nitrogens is 1. The average Bonchev–Trinajstić information content (AvgIpc) is 2.87. The minimum atomic E-state index is -0.150. The van der Waals surface area contributed by atoms with E-state index >= 15 is 0 Å². The fourth-order valence-electron chi connectivity index (χ4n) is 2.17. The molecule has 0 radical (unpaired) electrons. The second-order valence-corrected chi connectivity index (χ2v) is 3.92. The van der Waals surface area contributed by atoms with E-state index in [-0.39, 0.29) is 5.82 Å². The SMILES string of the molecule is Fc1c(N2CCCC2)ccc2[nH]ncc12. The van der Waals surface area contributed by atoms with E-state index in [9.17, 15) is 4.39 Å². The molecule has 1 saturated heterocycles. The van der Waals surface area contributed by atoms with Crippen LogP contribution in [-0.2, 0) is 0 Å². The Hall–Kier alpha value is -1.58. The van der Waals surface area contributed by atoms with Gasteiger partial charge in [-0.05, 0) is 25.0 Å². The van der Waals surface area contributed by atoms with Crippen molar-refractivity contribution >= 4 is 16.6 Å². The van der Waals surface area contributed by atoms with Gasteiger partial charge in [0.25, 0.3) is 0 Å². The molecule has 1 aromatic heterocycles. The van der Waals surface area contributed by atoms with Crippen LogP contribution in [0, 0.1) is 5.82 Å². The van der Waals surface area contributed by atoms with Crippen molar-refractivity contribution in [3.63, 3.8) is 0 Å². The number of rotatable bonds is 1. The molecule has 1 aromatic carbocycles. The van der Waals surface area contributed by atoms with Gasteiger partial charge in [0.2, 0.25) is 0 Å². The molecule has 0 bridgehead atoms. The highest BCUT2D eigenvalue weighted by Gasteiger charge is 2.17. The molecule has 78 valence electrons. The van der Waals surface area contributed by atoms with Gasteiger partial charge in [-0.3, -0.25) is 5.10 Å². The summed E-state index contributed by atoms with van der Waals surface area (Å²) < 4.78 is 14.1. The van der Waals surface area contributed by atoms with Crippen LogP contribution in [0.5, 0.6) is 0 Å². The molecule has 0 spiro atoms. The Labute approximate surface area is 86.9 Å². The predicted molar refractivity (Wildman–Crippen MR) is 57.5 cm³/mol. The fraction of sp³-hybridized carbons (Fsp3) is 0.364. The number of hydrogen-bond acceptors (Lipinski definition) is 2. The van der Waals surface area contributed by atoms with Gasteiger partial charge in [-0.15, -0.1) is 0 Å². The molecule has 3 nitrogen and oxygen atoms in total. The maximum atomic E-state index is 14.1. The van der Waals surface area contributed by atoms with Gasteiger partial charge in [0.15, 0.2) is 5.82 Å². The summed E-state index contributed by atoms with van der Waals surface area (Å²) in [5.41, 5.74) is 1.47. The summed E-state index contributed by atoms with van der Waals surface area (Å²) in [5.74, 6) is -0.150. The lowest BCUT2D eigenvalue weighted by atomic mass is 10.2. The number of hydrogen-bond donors (Lipinski definition) is 1. The highest BCUT2D eigenvalue weighted by atomic mass is 19.1. The first-order chi connectivity index (χ1) is 7.36. The van der Waals surface area contributed by atoms with Crippen molar-refractivity contribution in [2.45, 2.75) is 12.8 Å². The van der Waals surface area contributed by atoms with Crippen LogP contribution in [-0.4, -0.2) is 23.3 Å². The van der Waals surface area contributed by atoms with E-state index in [0.29, 0.717) is 11.1 Å². The maximum Gasteiger partial charge on any atom is 0.157 e. The number of benzene rings is 1. The van der Waals surface area contributed by atoms with E-state index in [0.717, 1.165) is 31.4 Å². The summed E-state index contributed by atoms with van der Waals surface area (Å²) in [6.45, 7) is 1.92. The monoisotopic (exact) mass is 205 g/mol. The highest BCUT2D eigenvalue weighted by molar-refractivity contribution is 5.83. The largest absolute Gasteiger partial charge is 0.369 e. The molecule has 4 heteroatoms. The summed E-state index contributed by atoms with van der Waals surface area (Å²) >= 11 is 0. The molecule has 0 amide bonds. The molecule has 2 heterocycles. The third-order valence-electron chi connectivity index (χ3n) is 2.98. The smallest absolute Gasteiger partial charge is 0.157 e. The van der Waals surface area contributed by atoms with Crippen molar-refractivity contribution in [2.24, 2.45) is 0 Å². The number of halogens is 1. The topological polar surface area (TPSA) is 31.9 Å². The van der Waals surface area contributed by atoms with Crippen molar-refractivity contribution in [3.05, 3.63) is 24.1 Å². The minimum absolute atomic E-state index is 0.150. The molecular formula is C11H12FN3. The third-order valence-corrected chi connectivity index (χ3v) is 2.98. The Morgan fingerprint density at radius 1 is 1.27 bits per heavy atom. The normalized spacial score (nSPS) is 16.5. The van der Waals surface area contributed by atoms with Gasteiger partial charge in [-0.2, -0.15) is 5.10 Å². The lowest BCUT2D eigenvalue weighted by Crippen LogP contribution is -2.18. The molecule has 1 aliphatic heterocycles. The Bertz CT molecular complexity index is 486. The second-order valence-electron chi connectivity index (χ2n) is 3.92. The summed E-state index contributed by atoms with van der Waals surface area (Å²) in [7, 11) is 0. The zero-order valence-electron chi connectivity index (χ0n) is 8.33. The number of nitrogens with zero attached hydrogens (tertiary/aromatic N) is 2. The zero-order valence-corrected chi connectivity index (χ0v) is 8.33. The fourth-order valence-corrected chi connectivity index (χ4v) is 2.17. The van der Waals surface area contributed by atoms with Crippen LogP contribution in [0.1, 0.15) is 12.8 Å². The van der Waals surface area contributed by atoms with Gasteiger partial charge < -0.3 is 4.90 Å². The number of aromatic amines is 1. The summed E-state index contributed by atoms with van der Waals surface area (Å²) in [5, 5.41) is 7.20. The maximum absolute atomic E-state index is 14.1. The van der Waals surface area contributed by atoms with E-state index in [4.69, 9.17) is 0 Å². The molecule has 0 aliphatic carbocycles. The second kappa shape index (κ2) is 3.22. The number of fused-ring (bicyclic) bond motifs is 1. The Balaban J connectivity index is 2.13. The van der Waals surface area contributed by atoms with Crippen LogP contribution in [0.4, 0.5) is 10.1 Å². The summed E-state index contributed by atoms with van der Waals surface area (Å²) in [4.78, 5) is 2.10. The van der Waals surface area contributed by atoms with Crippen LogP contribution in [0.25, 0.3) is 10.9 Å². The van der Waals surface area contributed by atoms with Crippen LogP contribution in [0.15, 0.2) is 18.3 Å². The van der Waals surface area contributed by atoms with Crippen molar-refractivity contribution in [1.82, 2.24) is 10.2 Å². The molecule has 3 rings (SSSR count). The Kier molecular flexibility index (Phi) is 1.87. The highest BCUT2D eigenvalue weighted by Crippen LogP contribution is 2.28. The predicted octanol–water partition coefficient (Wildman–Crippen LogP) is 2.30. The van der Waals surface area contributed by atoms with E-state index in [1.54, 1.807) is 6.20 Å². The standard InChI is InChI=1S/C11H12FN3/c12-11-8-7-13-14-9(8)3-4-10(11)15-5-1-2-6-15/h3-4,7H,1-2,5-6H2,(H,13,14). The van der Waals surface area contributed by atoms with E-state index in [2.05, 4.69) is 15.1 Å². The van der Waals surface area contributed by atoms with Gasteiger partial charge >= 0.3 is 0 Å². The van der Waals surface area contributed by atoms with E-state index in [1.165, 1.54) is 0 Å². The molecular weight excluding hydrogens is 193 g/mol. The van der Waals surface area contributed by atoms with Crippen LogP contribution in [0.2, 0.25) is 0 Å². The van der Waals surface area contributed by atoms with E-state index in [1.807, 2.05) is 12.1 Å². The first kappa shape index (κ1) is 8.71. The van der Waals surface area contributed by atoms with Gasteiger partial charge in [-0.25, -0.2) is 4.39 Å². The molecule has 1 N–H and O–H groups in total. The van der Waals surface area contributed by atoms with Crippen LogP contribution >= 0.6 is 0 Å². The lowest BCUT2D eigenvalue weighted by molar-refractivity contribution is 0.635. The van der Waals surface area contributed by atoms with Crippen LogP contribution in [0.3, 0.4) is 0 Å². The molecule has 2 aromatic rings. The van der Waals surface area contributed by atoms with E-state index < -0.39 is 0 Å². The molecule has 0 saturated carbocycles. The van der Waals surface area contributed by atoms with Crippen LogP contribution < -0.4 is 4.90 Å². The molecule has 15 heavy (non-hydrogen) atoms. The van der Waals surface area contributed by atoms with Gasteiger partial charge in [-0.1, -0.05) is 0 Å². The number of anilines is 1. The van der Waals surface area contributed by atoms with Crippen molar-refractivity contribution in [1.29, 1.82) is 0 Å². The summed E-state index contributed by atoms with van der Waals surface area (Å²) in [6.07, 6.45) is 3.86. The Morgan fingerprint density at radius 3 is 2.87 bits per heavy atom. The first-order valence-electron chi connectivity index (χ1n) is 5.23. The first-order valence-corrected chi connectivity index (χ1v) is 5.23. The molecule has 1 aliphatic rings. The van der Waals surface area contributed by atoms with Gasteiger partial charge in [0, 0.05) is 13.1 Å². The number of aromatic nitrogens is 2. The minimum Gasteiger partial charge on any atom is -0.369 e. The molecule has 1 fully saturated rings. The van der Waals surface area contributed by atoms with Crippen molar-refractivity contribution in [2.75, 3.05) is 18.0 Å². The third kappa shape index (κ3) is 1.28. The Morgan fingerprint density at radius 2 is 2.07 bits per heavy atom. The molecule has 0 atom stereocenters. The molecule has 0 unspecified atom stereocenters. The van der Waals surface area contributed by atoms with Crippen molar-refractivity contribution in [3.8, 4) is 0 Å². The van der Waals surface area contributed by atoms with Gasteiger partial charge in [0.05, 0.1) is 22.8 Å². The average molecular weight is 205 g/mol. The van der Waals surface area contributed by atoms with Gasteiger partial charge in [0.1, 0.15) is 0 Å². The van der Waals surface area contributed by atoms with Crippen molar-refractivity contribution < 1.29 is 4.39 Å². The lowest BCUT2D eigenvalue weighted by Gasteiger charge is -2.18.